The molecule has 0 amide bonds. The van der Waals surface area contributed by atoms with E-state index >= 15 is 0 Å². The second-order valence-electron chi connectivity index (χ2n) is 4.30. The summed E-state index contributed by atoms with van der Waals surface area (Å²) in [6.07, 6.45) is 3.14. The molecule has 2 heterocycles. The third-order valence-corrected chi connectivity index (χ3v) is 3.25. The summed E-state index contributed by atoms with van der Waals surface area (Å²) in [5, 5.41) is 0. The van der Waals surface area contributed by atoms with Crippen LogP contribution >= 0.6 is 0 Å². The Balaban J connectivity index is 1.67. The van der Waals surface area contributed by atoms with Gasteiger partial charge in [-0.05, 0) is 6.42 Å². The van der Waals surface area contributed by atoms with Gasteiger partial charge in [0.2, 0.25) is 0 Å². The Morgan fingerprint density at radius 2 is 1.87 bits per heavy atom. The van der Waals surface area contributed by atoms with Crippen LogP contribution in [0.1, 0.15) is 19.3 Å². The van der Waals surface area contributed by atoms with E-state index in [1.807, 2.05) is 0 Å². The normalized spacial score (nSPS) is 26.2. The van der Waals surface area contributed by atoms with E-state index < -0.39 is 0 Å². The van der Waals surface area contributed by atoms with Gasteiger partial charge in [0.25, 0.3) is 0 Å². The second kappa shape index (κ2) is 5.25. The maximum atomic E-state index is 5.68. The van der Waals surface area contributed by atoms with Crippen LogP contribution in [0.25, 0.3) is 0 Å². The maximum Gasteiger partial charge on any atom is 0.170 e. The summed E-state index contributed by atoms with van der Waals surface area (Å²) in [7, 11) is 1.76. The molecule has 0 aromatic rings. The molecule has 2 rings (SSSR count). The summed E-state index contributed by atoms with van der Waals surface area (Å²) in [5.74, 6) is -0.224. The van der Waals surface area contributed by atoms with E-state index in [1.54, 1.807) is 7.11 Å². The summed E-state index contributed by atoms with van der Waals surface area (Å²) in [4.78, 5) is 2.47. The van der Waals surface area contributed by atoms with Crippen molar-refractivity contribution < 1.29 is 14.2 Å². The molecule has 4 nitrogen and oxygen atoms in total. The highest BCUT2D eigenvalue weighted by molar-refractivity contribution is 4.82. The first-order valence-electron chi connectivity index (χ1n) is 5.84. The van der Waals surface area contributed by atoms with Crippen LogP contribution in [0, 0.1) is 0 Å². The van der Waals surface area contributed by atoms with Gasteiger partial charge in [-0.2, -0.15) is 0 Å². The summed E-state index contributed by atoms with van der Waals surface area (Å²) < 4.78 is 16.4. The number of piperidine rings is 1. The fourth-order valence-electron chi connectivity index (χ4n) is 2.34. The monoisotopic (exact) mass is 215 g/mol. The van der Waals surface area contributed by atoms with Gasteiger partial charge in [-0.15, -0.1) is 0 Å². The molecular formula is C11H21NO3. The van der Waals surface area contributed by atoms with Gasteiger partial charge < -0.3 is 19.1 Å². The van der Waals surface area contributed by atoms with Crippen LogP contribution < -0.4 is 0 Å². The predicted molar refractivity (Wildman–Crippen MR) is 56.8 cm³/mol. The lowest BCUT2D eigenvalue weighted by Gasteiger charge is -2.37. The van der Waals surface area contributed by atoms with E-state index in [1.165, 1.54) is 0 Å². The minimum absolute atomic E-state index is 0.224. The molecule has 1 spiro atoms. The van der Waals surface area contributed by atoms with Crippen molar-refractivity contribution >= 4 is 0 Å². The first-order valence-corrected chi connectivity index (χ1v) is 5.84. The van der Waals surface area contributed by atoms with Crippen molar-refractivity contribution in [2.45, 2.75) is 25.0 Å². The third-order valence-electron chi connectivity index (χ3n) is 3.25. The van der Waals surface area contributed by atoms with Crippen LogP contribution in [0.5, 0.6) is 0 Å². The lowest BCUT2D eigenvalue weighted by molar-refractivity contribution is -0.185. The average molecular weight is 215 g/mol. The van der Waals surface area contributed by atoms with Crippen LogP contribution in [0.2, 0.25) is 0 Å². The molecule has 2 aliphatic rings. The molecule has 0 aromatic carbocycles. The summed E-state index contributed by atoms with van der Waals surface area (Å²) in [5.41, 5.74) is 0. The smallest absolute Gasteiger partial charge is 0.170 e. The Hall–Kier alpha value is -0.160. The number of ether oxygens (including phenoxy) is 3. The van der Waals surface area contributed by atoms with E-state index in [9.17, 15) is 0 Å². The Labute approximate surface area is 91.5 Å². The average Bonchev–Trinajstić information content (AvgIpc) is 2.71. The van der Waals surface area contributed by atoms with Crippen molar-refractivity contribution in [2.75, 3.05) is 46.6 Å². The highest BCUT2D eigenvalue weighted by Crippen LogP contribution is 2.31. The van der Waals surface area contributed by atoms with Crippen LogP contribution in [-0.4, -0.2) is 57.3 Å². The molecule has 2 saturated heterocycles. The molecule has 0 radical (unpaired) electrons. The Morgan fingerprint density at radius 1 is 1.20 bits per heavy atom. The van der Waals surface area contributed by atoms with Gasteiger partial charge in [0.15, 0.2) is 5.79 Å². The second-order valence-corrected chi connectivity index (χ2v) is 4.30. The van der Waals surface area contributed by atoms with Crippen LogP contribution in [-0.2, 0) is 14.2 Å². The summed E-state index contributed by atoms with van der Waals surface area (Å²) in [6, 6.07) is 0. The molecule has 0 N–H and O–H groups in total. The summed E-state index contributed by atoms with van der Waals surface area (Å²) in [6.45, 7) is 5.69. The Bertz CT molecular complexity index is 182. The minimum atomic E-state index is -0.224. The van der Waals surface area contributed by atoms with Crippen molar-refractivity contribution in [3.05, 3.63) is 0 Å². The molecule has 88 valence electrons. The van der Waals surface area contributed by atoms with E-state index in [0.717, 1.165) is 58.7 Å². The largest absolute Gasteiger partial charge is 0.385 e. The Kier molecular flexibility index (Phi) is 3.97. The summed E-state index contributed by atoms with van der Waals surface area (Å²) >= 11 is 0. The predicted octanol–water partition coefficient (Wildman–Crippen LogP) is 0.862. The molecule has 0 aliphatic carbocycles. The zero-order valence-corrected chi connectivity index (χ0v) is 9.54. The topological polar surface area (TPSA) is 30.9 Å². The van der Waals surface area contributed by atoms with Gasteiger partial charge >= 0.3 is 0 Å². The van der Waals surface area contributed by atoms with Gasteiger partial charge in [0, 0.05) is 46.2 Å². The quantitative estimate of drug-likeness (QED) is 0.651. The van der Waals surface area contributed by atoms with Crippen LogP contribution in [0.4, 0.5) is 0 Å². The van der Waals surface area contributed by atoms with Crippen molar-refractivity contribution in [3.8, 4) is 0 Å². The lowest BCUT2D eigenvalue weighted by Crippen LogP contribution is -2.45. The molecule has 2 aliphatic heterocycles. The molecule has 0 unspecified atom stereocenters. The SMILES string of the molecule is COCCCN1CCC2(CC1)OCCO2. The molecule has 0 atom stereocenters. The van der Waals surface area contributed by atoms with Crippen molar-refractivity contribution in [3.63, 3.8) is 0 Å². The zero-order valence-electron chi connectivity index (χ0n) is 9.54. The number of hydrogen-bond acceptors (Lipinski definition) is 4. The van der Waals surface area contributed by atoms with Crippen molar-refractivity contribution in [2.24, 2.45) is 0 Å². The zero-order chi connectivity index (χ0) is 10.6. The standard InChI is InChI=1S/C11H21NO3/c1-13-8-2-5-12-6-3-11(4-7-12)14-9-10-15-11/h2-10H2,1H3. The van der Waals surface area contributed by atoms with Gasteiger partial charge in [0.05, 0.1) is 13.2 Å². The number of nitrogens with zero attached hydrogens (tertiary/aromatic N) is 1. The van der Waals surface area contributed by atoms with E-state index in [4.69, 9.17) is 14.2 Å². The maximum absolute atomic E-state index is 5.68. The van der Waals surface area contributed by atoms with Crippen LogP contribution in [0.3, 0.4) is 0 Å². The molecule has 0 saturated carbocycles. The van der Waals surface area contributed by atoms with Gasteiger partial charge in [0.1, 0.15) is 0 Å². The van der Waals surface area contributed by atoms with Crippen LogP contribution in [0.15, 0.2) is 0 Å². The fourth-order valence-corrected chi connectivity index (χ4v) is 2.34. The third kappa shape index (κ3) is 2.91. The van der Waals surface area contributed by atoms with Crippen molar-refractivity contribution in [1.29, 1.82) is 0 Å². The molecular weight excluding hydrogens is 194 g/mol. The lowest BCUT2D eigenvalue weighted by atomic mass is 10.0. The first-order chi connectivity index (χ1) is 7.35. The van der Waals surface area contributed by atoms with E-state index in [2.05, 4.69) is 4.90 Å². The highest BCUT2D eigenvalue weighted by atomic mass is 16.7. The van der Waals surface area contributed by atoms with Crippen molar-refractivity contribution in [1.82, 2.24) is 4.90 Å². The number of likely N-dealkylation sites (tertiary alicyclic amines) is 1. The highest BCUT2D eigenvalue weighted by Gasteiger charge is 2.39. The number of methoxy groups -OCH3 is 1. The van der Waals surface area contributed by atoms with Gasteiger partial charge in [-0.1, -0.05) is 0 Å². The van der Waals surface area contributed by atoms with E-state index in [-0.39, 0.29) is 5.79 Å². The molecule has 2 fully saturated rings. The molecule has 0 aromatic heterocycles. The van der Waals surface area contributed by atoms with Gasteiger partial charge in [-0.25, -0.2) is 0 Å². The molecule has 4 heteroatoms. The Morgan fingerprint density at radius 3 is 2.47 bits per heavy atom. The minimum Gasteiger partial charge on any atom is -0.385 e. The number of hydrogen-bond donors (Lipinski definition) is 0. The number of rotatable bonds is 4. The van der Waals surface area contributed by atoms with Gasteiger partial charge in [-0.3, -0.25) is 0 Å². The first kappa shape index (κ1) is 11.3. The van der Waals surface area contributed by atoms with E-state index in [0.29, 0.717) is 0 Å². The molecule has 15 heavy (non-hydrogen) atoms. The fraction of sp³-hybridized carbons (Fsp3) is 1.00. The molecule has 0 bridgehead atoms.